The fourth-order valence-corrected chi connectivity index (χ4v) is 3.16. The zero-order valence-corrected chi connectivity index (χ0v) is 18.5. The van der Waals surface area contributed by atoms with Gasteiger partial charge in [-0.2, -0.15) is 10.2 Å². The third kappa shape index (κ3) is 5.39. The van der Waals surface area contributed by atoms with Crippen molar-refractivity contribution in [2.24, 2.45) is 0 Å². The van der Waals surface area contributed by atoms with Gasteiger partial charge in [-0.05, 0) is 49.4 Å². The molecule has 0 spiro atoms. The number of halogens is 1. The summed E-state index contributed by atoms with van der Waals surface area (Å²) in [7, 11) is 0. The Morgan fingerprint density at radius 2 is 1.76 bits per heavy atom. The molecule has 0 atom stereocenters. The van der Waals surface area contributed by atoms with Crippen LogP contribution in [0.15, 0.2) is 73.1 Å². The van der Waals surface area contributed by atoms with Crippen LogP contribution in [0.4, 0.5) is 11.4 Å². The maximum absolute atomic E-state index is 13.0. The quantitative estimate of drug-likeness (QED) is 0.405. The van der Waals surface area contributed by atoms with Crippen LogP contribution in [0.5, 0.6) is 5.75 Å². The maximum atomic E-state index is 13.0. The zero-order valence-electron chi connectivity index (χ0n) is 17.7. The molecule has 0 unspecified atom stereocenters. The van der Waals surface area contributed by atoms with Crippen LogP contribution in [0.25, 0.3) is 0 Å². The first-order valence-electron chi connectivity index (χ1n) is 10.2. The van der Waals surface area contributed by atoms with E-state index in [1.54, 1.807) is 53.3 Å². The van der Waals surface area contributed by atoms with Gasteiger partial charge in [-0.25, -0.2) is 4.68 Å². The highest BCUT2D eigenvalue weighted by molar-refractivity contribution is 6.30. The molecule has 0 saturated heterocycles. The van der Waals surface area contributed by atoms with E-state index in [0.29, 0.717) is 28.7 Å². The topological polar surface area (TPSA) is 103 Å². The highest BCUT2D eigenvalue weighted by atomic mass is 35.5. The highest BCUT2D eigenvalue weighted by Crippen LogP contribution is 2.19. The van der Waals surface area contributed by atoms with E-state index in [4.69, 9.17) is 16.3 Å². The summed E-state index contributed by atoms with van der Waals surface area (Å²) in [5, 5.41) is 14.6. The number of rotatable bonds is 8. The molecule has 2 aromatic carbocycles. The van der Waals surface area contributed by atoms with Crippen LogP contribution in [-0.2, 0) is 13.3 Å². The molecule has 10 heteroatoms. The number of hydrogen-bond acceptors (Lipinski definition) is 5. The van der Waals surface area contributed by atoms with Gasteiger partial charge in [0, 0.05) is 29.6 Å². The van der Waals surface area contributed by atoms with E-state index >= 15 is 0 Å². The van der Waals surface area contributed by atoms with Crippen LogP contribution < -0.4 is 15.4 Å². The van der Waals surface area contributed by atoms with Gasteiger partial charge in [0.15, 0.2) is 12.4 Å². The smallest absolute Gasteiger partial charge is 0.278 e. The summed E-state index contributed by atoms with van der Waals surface area (Å²) in [4.78, 5) is 25.8. The number of benzene rings is 2. The van der Waals surface area contributed by atoms with Crippen molar-refractivity contribution < 1.29 is 14.3 Å². The molecule has 4 rings (SSSR count). The fraction of sp³-hybridized carbons (Fsp3) is 0.130. The van der Waals surface area contributed by atoms with Gasteiger partial charge in [0.25, 0.3) is 11.8 Å². The Kier molecular flexibility index (Phi) is 6.70. The van der Waals surface area contributed by atoms with Gasteiger partial charge >= 0.3 is 0 Å². The summed E-state index contributed by atoms with van der Waals surface area (Å²) in [6, 6.07) is 17.5. The summed E-state index contributed by atoms with van der Waals surface area (Å²) >= 11 is 5.89. The number of carbonyl (C=O) groups is 2. The summed E-state index contributed by atoms with van der Waals surface area (Å²) in [5.41, 5.74) is 1.30. The second-order valence-electron chi connectivity index (χ2n) is 6.96. The second-order valence-corrected chi connectivity index (χ2v) is 7.40. The van der Waals surface area contributed by atoms with E-state index in [1.165, 1.54) is 10.9 Å². The lowest BCUT2D eigenvalue weighted by molar-refractivity contribution is 0.100. The molecule has 0 saturated carbocycles. The van der Waals surface area contributed by atoms with Gasteiger partial charge < -0.3 is 15.4 Å². The minimum atomic E-state index is -0.448. The van der Waals surface area contributed by atoms with Crippen LogP contribution in [0.1, 0.15) is 27.9 Å². The molecule has 168 valence electrons. The third-order valence-corrected chi connectivity index (χ3v) is 4.95. The largest absolute Gasteiger partial charge is 0.471 e. The number of anilines is 2. The molecule has 0 bridgehead atoms. The number of nitrogens with zero attached hydrogens (tertiary/aromatic N) is 4. The monoisotopic (exact) mass is 464 g/mol. The van der Waals surface area contributed by atoms with E-state index in [9.17, 15) is 9.59 Å². The molecular weight excluding hydrogens is 444 g/mol. The van der Waals surface area contributed by atoms with Crippen molar-refractivity contribution in [1.29, 1.82) is 0 Å². The Morgan fingerprint density at radius 1 is 1.00 bits per heavy atom. The Balaban J connectivity index is 1.48. The van der Waals surface area contributed by atoms with Crippen molar-refractivity contribution in [3.05, 3.63) is 89.5 Å². The molecule has 0 radical (unpaired) electrons. The summed E-state index contributed by atoms with van der Waals surface area (Å²) < 4.78 is 8.67. The first-order valence-corrected chi connectivity index (χ1v) is 10.6. The van der Waals surface area contributed by atoms with Gasteiger partial charge in [-0.15, -0.1) is 0 Å². The van der Waals surface area contributed by atoms with E-state index in [1.807, 2.05) is 25.1 Å². The number of amides is 2. The Bertz CT molecular complexity index is 1250. The lowest BCUT2D eigenvalue weighted by Crippen LogP contribution is -2.21. The van der Waals surface area contributed by atoms with Crippen LogP contribution in [0.3, 0.4) is 0 Å². The van der Waals surface area contributed by atoms with Gasteiger partial charge in [0.2, 0.25) is 0 Å². The summed E-state index contributed by atoms with van der Waals surface area (Å²) in [6.07, 6.45) is 3.11. The molecule has 9 nitrogen and oxygen atoms in total. The summed E-state index contributed by atoms with van der Waals surface area (Å²) in [5.74, 6) is -0.287. The number of ether oxygens (including phenoxy) is 1. The number of nitrogens with one attached hydrogen (secondary N) is 2. The molecule has 0 aliphatic heterocycles. The minimum Gasteiger partial charge on any atom is -0.471 e. The van der Waals surface area contributed by atoms with Gasteiger partial charge in [0.05, 0.1) is 5.69 Å². The number of carbonyl (C=O) groups excluding carboxylic acids is 2. The highest BCUT2D eigenvalue weighted by Gasteiger charge is 2.21. The second kappa shape index (κ2) is 10.0. The minimum absolute atomic E-state index is 0.0208. The Morgan fingerprint density at radius 3 is 2.48 bits per heavy atom. The number of hydrogen-bond donors (Lipinski definition) is 2. The van der Waals surface area contributed by atoms with Crippen molar-refractivity contribution in [2.75, 3.05) is 10.6 Å². The first kappa shape index (κ1) is 22.1. The SMILES string of the molecule is CCn1cc(NC(=O)c2ccnn2COc2ccc(Cl)cc2)c(C(=O)Nc2ccccc2)n1. The molecule has 33 heavy (non-hydrogen) atoms. The lowest BCUT2D eigenvalue weighted by Gasteiger charge is -2.10. The normalized spacial score (nSPS) is 10.6. The van der Waals surface area contributed by atoms with Crippen LogP contribution in [-0.4, -0.2) is 31.4 Å². The molecule has 0 fully saturated rings. The van der Waals surface area contributed by atoms with Gasteiger partial charge in [-0.3, -0.25) is 14.3 Å². The number of aryl methyl sites for hydroxylation is 1. The van der Waals surface area contributed by atoms with Crippen LogP contribution in [0, 0.1) is 0 Å². The summed E-state index contributed by atoms with van der Waals surface area (Å²) in [6.45, 7) is 2.45. The molecule has 2 amide bonds. The van der Waals surface area contributed by atoms with Gasteiger partial charge in [0.1, 0.15) is 11.4 Å². The van der Waals surface area contributed by atoms with Crippen molar-refractivity contribution in [3.63, 3.8) is 0 Å². The molecular formula is C23H21ClN6O3. The molecule has 2 aromatic heterocycles. The Hall–Kier alpha value is -4.11. The average molecular weight is 465 g/mol. The molecule has 0 aliphatic carbocycles. The molecule has 2 N–H and O–H groups in total. The van der Waals surface area contributed by atoms with Crippen LogP contribution in [0.2, 0.25) is 5.02 Å². The van der Waals surface area contributed by atoms with E-state index in [-0.39, 0.29) is 18.1 Å². The maximum Gasteiger partial charge on any atom is 0.278 e. The van der Waals surface area contributed by atoms with Crippen molar-refractivity contribution in [2.45, 2.75) is 20.2 Å². The number of para-hydroxylation sites is 1. The lowest BCUT2D eigenvalue weighted by atomic mass is 10.3. The standard InChI is InChI=1S/C23H21ClN6O3/c1-2-29-14-19(21(28-29)23(32)26-17-6-4-3-5-7-17)27-22(31)20-12-13-25-30(20)15-33-18-10-8-16(24)9-11-18/h3-14H,2,15H2,1H3,(H,26,32)(H,27,31). The zero-order chi connectivity index (χ0) is 23.2. The van der Waals surface area contributed by atoms with E-state index in [2.05, 4.69) is 20.8 Å². The van der Waals surface area contributed by atoms with E-state index in [0.717, 1.165) is 0 Å². The number of aromatic nitrogens is 4. The molecule has 2 heterocycles. The fourth-order valence-electron chi connectivity index (χ4n) is 3.04. The Labute approximate surface area is 194 Å². The molecule has 4 aromatic rings. The van der Waals surface area contributed by atoms with Crippen LogP contribution >= 0.6 is 11.6 Å². The predicted molar refractivity (Wildman–Crippen MR) is 125 cm³/mol. The van der Waals surface area contributed by atoms with Crippen molar-refractivity contribution in [1.82, 2.24) is 19.6 Å². The average Bonchev–Trinajstić information content (AvgIpc) is 3.46. The molecule has 0 aliphatic rings. The third-order valence-electron chi connectivity index (χ3n) is 4.70. The van der Waals surface area contributed by atoms with Gasteiger partial charge in [-0.1, -0.05) is 29.8 Å². The van der Waals surface area contributed by atoms with Crippen molar-refractivity contribution in [3.8, 4) is 5.75 Å². The first-order chi connectivity index (χ1) is 16.0. The van der Waals surface area contributed by atoms with Crippen molar-refractivity contribution >= 4 is 34.8 Å². The van der Waals surface area contributed by atoms with E-state index < -0.39 is 11.8 Å². The predicted octanol–water partition coefficient (Wildman–Crippen LogP) is 4.29.